The standard InChI is InChI=1S/C19H36O6/c1-6-8-10-18(20)24-13-16(4)22-12-15(3)23-14-17(5)25-19(21)11-9-7-2/h15-17H,6-14H2,1-5H3. The molecule has 6 nitrogen and oxygen atoms in total. The van der Waals surface area contributed by atoms with Crippen molar-refractivity contribution in [1.82, 2.24) is 0 Å². The van der Waals surface area contributed by atoms with Gasteiger partial charge in [-0.2, -0.15) is 0 Å². The van der Waals surface area contributed by atoms with Crippen molar-refractivity contribution >= 4 is 11.9 Å². The molecule has 0 N–H and O–H groups in total. The minimum Gasteiger partial charge on any atom is -0.463 e. The van der Waals surface area contributed by atoms with Gasteiger partial charge in [0.2, 0.25) is 0 Å². The lowest BCUT2D eigenvalue weighted by Gasteiger charge is -2.20. The van der Waals surface area contributed by atoms with Gasteiger partial charge in [0.1, 0.15) is 12.7 Å². The Morgan fingerprint density at radius 2 is 1.20 bits per heavy atom. The summed E-state index contributed by atoms with van der Waals surface area (Å²) in [5.41, 5.74) is 0. The Hall–Kier alpha value is -1.14. The van der Waals surface area contributed by atoms with Gasteiger partial charge in [0.15, 0.2) is 0 Å². The molecule has 0 heterocycles. The molecule has 0 rings (SSSR count). The van der Waals surface area contributed by atoms with E-state index in [9.17, 15) is 9.59 Å². The summed E-state index contributed by atoms with van der Waals surface area (Å²) in [7, 11) is 0. The fourth-order valence-corrected chi connectivity index (χ4v) is 1.94. The van der Waals surface area contributed by atoms with Crippen LogP contribution in [0, 0.1) is 0 Å². The van der Waals surface area contributed by atoms with Gasteiger partial charge < -0.3 is 18.9 Å². The third kappa shape index (κ3) is 14.9. The monoisotopic (exact) mass is 360 g/mol. The second-order valence-electron chi connectivity index (χ2n) is 6.48. The topological polar surface area (TPSA) is 71.1 Å². The maximum atomic E-state index is 11.5. The number of rotatable bonds is 15. The molecule has 0 saturated carbocycles. The quantitative estimate of drug-likeness (QED) is 0.415. The molecule has 3 unspecified atom stereocenters. The molecule has 0 aromatic heterocycles. The van der Waals surface area contributed by atoms with E-state index in [2.05, 4.69) is 0 Å². The number of carbonyl (C=O) groups excluding carboxylic acids is 2. The van der Waals surface area contributed by atoms with Crippen LogP contribution in [0.4, 0.5) is 0 Å². The van der Waals surface area contributed by atoms with Crippen LogP contribution in [0.15, 0.2) is 0 Å². The van der Waals surface area contributed by atoms with E-state index in [0.29, 0.717) is 26.1 Å². The highest BCUT2D eigenvalue weighted by Gasteiger charge is 2.13. The van der Waals surface area contributed by atoms with Crippen molar-refractivity contribution in [2.75, 3.05) is 19.8 Å². The molecule has 0 bridgehead atoms. The molecule has 0 saturated heterocycles. The van der Waals surface area contributed by atoms with Crippen LogP contribution in [0.25, 0.3) is 0 Å². The van der Waals surface area contributed by atoms with Crippen LogP contribution in [0.2, 0.25) is 0 Å². The van der Waals surface area contributed by atoms with E-state index in [1.54, 1.807) is 0 Å². The van der Waals surface area contributed by atoms with Gasteiger partial charge in [-0.15, -0.1) is 0 Å². The normalized spacial score (nSPS) is 14.6. The van der Waals surface area contributed by atoms with Gasteiger partial charge in [0.25, 0.3) is 0 Å². The molecule has 6 heteroatoms. The maximum Gasteiger partial charge on any atom is 0.306 e. The number of carbonyl (C=O) groups is 2. The SMILES string of the molecule is CCCCC(=O)OCC(C)OCC(C)OCC(C)OC(=O)CCCC. The zero-order valence-electron chi connectivity index (χ0n) is 16.5. The van der Waals surface area contributed by atoms with E-state index >= 15 is 0 Å². The van der Waals surface area contributed by atoms with Crippen LogP contribution in [0.5, 0.6) is 0 Å². The van der Waals surface area contributed by atoms with E-state index in [0.717, 1.165) is 25.7 Å². The van der Waals surface area contributed by atoms with Crippen molar-refractivity contribution in [2.45, 2.75) is 91.5 Å². The Morgan fingerprint density at radius 3 is 1.76 bits per heavy atom. The molecule has 0 aromatic carbocycles. The van der Waals surface area contributed by atoms with E-state index < -0.39 is 0 Å². The van der Waals surface area contributed by atoms with Crippen molar-refractivity contribution in [3.8, 4) is 0 Å². The van der Waals surface area contributed by atoms with Crippen LogP contribution in [0.3, 0.4) is 0 Å². The minimum absolute atomic E-state index is 0.130. The maximum absolute atomic E-state index is 11.5. The largest absolute Gasteiger partial charge is 0.463 e. The van der Waals surface area contributed by atoms with Crippen LogP contribution in [-0.2, 0) is 28.5 Å². The fraction of sp³-hybridized carbons (Fsp3) is 0.895. The summed E-state index contributed by atoms with van der Waals surface area (Å²) < 4.78 is 21.7. The lowest BCUT2D eigenvalue weighted by Crippen LogP contribution is -2.28. The molecular formula is C19H36O6. The van der Waals surface area contributed by atoms with Crippen molar-refractivity contribution in [2.24, 2.45) is 0 Å². The number of ether oxygens (including phenoxy) is 4. The Bertz CT molecular complexity index is 358. The van der Waals surface area contributed by atoms with Crippen molar-refractivity contribution in [3.05, 3.63) is 0 Å². The molecule has 0 aromatic rings. The fourth-order valence-electron chi connectivity index (χ4n) is 1.94. The third-order valence-electron chi connectivity index (χ3n) is 3.51. The summed E-state index contributed by atoms with van der Waals surface area (Å²) in [4.78, 5) is 23.0. The zero-order valence-corrected chi connectivity index (χ0v) is 16.5. The van der Waals surface area contributed by atoms with Gasteiger partial charge in [0, 0.05) is 12.8 Å². The number of unbranched alkanes of at least 4 members (excludes halogenated alkanes) is 2. The highest BCUT2D eigenvalue weighted by atomic mass is 16.6. The summed E-state index contributed by atoms with van der Waals surface area (Å²) in [6, 6.07) is 0. The van der Waals surface area contributed by atoms with Crippen LogP contribution < -0.4 is 0 Å². The Labute approximate surface area is 152 Å². The molecule has 0 fully saturated rings. The molecule has 0 aliphatic rings. The summed E-state index contributed by atoms with van der Waals surface area (Å²) in [5.74, 6) is -0.360. The number of hydrogen-bond donors (Lipinski definition) is 0. The second kappa shape index (κ2) is 15.1. The van der Waals surface area contributed by atoms with Gasteiger partial charge in [-0.3, -0.25) is 9.59 Å². The molecule has 3 atom stereocenters. The average Bonchev–Trinajstić information content (AvgIpc) is 2.59. The first-order valence-corrected chi connectivity index (χ1v) is 9.47. The van der Waals surface area contributed by atoms with Gasteiger partial charge in [-0.1, -0.05) is 26.7 Å². The Balaban J connectivity index is 3.75. The highest BCUT2D eigenvalue weighted by molar-refractivity contribution is 5.69. The lowest BCUT2D eigenvalue weighted by molar-refractivity contribution is -0.154. The van der Waals surface area contributed by atoms with Crippen molar-refractivity contribution in [3.63, 3.8) is 0 Å². The predicted octanol–water partition coefficient (Wildman–Crippen LogP) is 3.65. The molecule has 0 amide bonds. The molecule has 0 radical (unpaired) electrons. The van der Waals surface area contributed by atoms with Crippen LogP contribution >= 0.6 is 0 Å². The molecule has 0 spiro atoms. The van der Waals surface area contributed by atoms with Gasteiger partial charge >= 0.3 is 11.9 Å². The van der Waals surface area contributed by atoms with Gasteiger partial charge in [0.05, 0.1) is 25.4 Å². The van der Waals surface area contributed by atoms with Gasteiger partial charge in [-0.25, -0.2) is 0 Å². The first-order chi connectivity index (χ1) is 11.9. The Morgan fingerprint density at radius 1 is 0.720 bits per heavy atom. The van der Waals surface area contributed by atoms with Crippen molar-refractivity contribution in [1.29, 1.82) is 0 Å². The summed E-state index contributed by atoms with van der Waals surface area (Å²) in [5, 5.41) is 0. The minimum atomic E-state index is -0.274. The highest BCUT2D eigenvalue weighted by Crippen LogP contribution is 2.04. The van der Waals surface area contributed by atoms with E-state index in [1.165, 1.54) is 0 Å². The third-order valence-corrected chi connectivity index (χ3v) is 3.51. The molecule has 148 valence electrons. The van der Waals surface area contributed by atoms with E-state index in [-0.39, 0.29) is 36.9 Å². The summed E-state index contributed by atoms with van der Waals surface area (Å²) in [6.45, 7) is 10.6. The van der Waals surface area contributed by atoms with E-state index in [4.69, 9.17) is 18.9 Å². The van der Waals surface area contributed by atoms with Crippen molar-refractivity contribution < 1.29 is 28.5 Å². The van der Waals surface area contributed by atoms with Crippen LogP contribution in [0.1, 0.15) is 73.1 Å². The van der Waals surface area contributed by atoms with Crippen LogP contribution in [-0.4, -0.2) is 50.1 Å². The number of hydrogen-bond acceptors (Lipinski definition) is 6. The summed E-state index contributed by atoms with van der Waals surface area (Å²) in [6.07, 6.45) is 3.96. The predicted molar refractivity (Wildman–Crippen MR) is 96.4 cm³/mol. The zero-order chi connectivity index (χ0) is 19.1. The lowest BCUT2D eigenvalue weighted by atomic mass is 10.2. The van der Waals surface area contributed by atoms with Gasteiger partial charge in [-0.05, 0) is 33.6 Å². The Kier molecular flexibility index (Phi) is 14.5. The first kappa shape index (κ1) is 23.9. The molecule has 0 aliphatic carbocycles. The number of esters is 2. The molecule has 25 heavy (non-hydrogen) atoms. The van der Waals surface area contributed by atoms with E-state index in [1.807, 2.05) is 34.6 Å². The molecular weight excluding hydrogens is 324 g/mol. The smallest absolute Gasteiger partial charge is 0.306 e. The average molecular weight is 360 g/mol. The second-order valence-corrected chi connectivity index (χ2v) is 6.48. The molecule has 0 aliphatic heterocycles. The first-order valence-electron chi connectivity index (χ1n) is 9.47. The summed E-state index contributed by atoms with van der Waals surface area (Å²) >= 11 is 0.